The highest BCUT2D eigenvalue weighted by Crippen LogP contribution is 2.27. The summed E-state index contributed by atoms with van der Waals surface area (Å²) >= 11 is 0. The number of hydrogen-bond acceptors (Lipinski definition) is 2. The van der Waals surface area contributed by atoms with Gasteiger partial charge in [0.1, 0.15) is 12.3 Å². The largest absolute Gasteiger partial charge is 0.390 e. The molecule has 0 bridgehead atoms. The zero-order chi connectivity index (χ0) is 10.1. The smallest absolute Gasteiger partial charge is 0.312 e. The molecule has 0 radical (unpaired) electrons. The molecule has 0 amide bonds. The standard InChI is InChI=1S/C9H11F2NO/c1-6-3-7(2)8(12-4-6)9(10,11)5-13/h3-4,13H,5H2,1-2H3. The number of aryl methyl sites for hydroxylation is 2. The molecule has 0 spiro atoms. The van der Waals surface area contributed by atoms with Gasteiger partial charge in [0.15, 0.2) is 0 Å². The highest BCUT2D eigenvalue weighted by Gasteiger charge is 2.33. The van der Waals surface area contributed by atoms with Gasteiger partial charge in [-0.3, -0.25) is 4.98 Å². The number of alkyl halides is 2. The molecule has 1 aromatic heterocycles. The minimum Gasteiger partial charge on any atom is -0.390 e. The average Bonchev–Trinajstić information content (AvgIpc) is 2.03. The Hall–Kier alpha value is -1.03. The first-order valence-corrected chi connectivity index (χ1v) is 3.90. The molecule has 0 saturated carbocycles. The summed E-state index contributed by atoms with van der Waals surface area (Å²) in [5.41, 5.74) is 0.884. The third-order valence-corrected chi connectivity index (χ3v) is 1.76. The molecular weight excluding hydrogens is 176 g/mol. The summed E-state index contributed by atoms with van der Waals surface area (Å²) in [7, 11) is 0. The SMILES string of the molecule is Cc1cnc(C(F)(F)CO)c(C)c1. The van der Waals surface area contributed by atoms with E-state index in [9.17, 15) is 8.78 Å². The van der Waals surface area contributed by atoms with E-state index in [1.165, 1.54) is 6.20 Å². The van der Waals surface area contributed by atoms with Crippen LogP contribution in [0, 0.1) is 13.8 Å². The lowest BCUT2D eigenvalue weighted by Gasteiger charge is -2.14. The van der Waals surface area contributed by atoms with Crippen LogP contribution in [0.3, 0.4) is 0 Å². The van der Waals surface area contributed by atoms with Gasteiger partial charge in [-0.2, -0.15) is 8.78 Å². The van der Waals surface area contributed by atoms with Crippen LogP contribution in [0.4, 0.5) is 8.78 Å². The van der Waals surface area contributed by atoms with Crippen LogP contribution in [-0.4, -0.2) is 16.7 Å². The Bertz CT molecular complexity index is 312. The Labute approximate surface area is 75.2 Å². The molecule has 0 atom stereocenters. The molecule has 1 aromatic rings. The molecule has 0 unspecified atom stereocenters. The summed E-state index contributed by atoms with van der Waals surface area (Å²) in [6, 6.07) is 1.62. The summed E-state index contributed by atoms with van der Waals surface area (Å²) in [5.74, 6) is -3.24. The second-order valence-electron chi connectivity index (χ2n) is 3.04. The molecule has 72 valence electrons. The Kier molecular flexibility index (Phi) is 2.61. The third-order valence-electron chi connectivity index (χ3n) is 1.76. The van der Waals surface area contributed by atoms with Crippen molar-refractivity contribution in [2.75, 3.05) is 6.61 Å². The van der Waals surface area contributed by atoms with Crippen LogP contribution in [0.2, 0.25) is 0 Å². The molecule has 0 fully saturated rings. The average molecular weight is 187 g/mol. The Balaban J connectivity index is 3.16. The highest BCUT2D eigenvalue weighted by atomic mass is 19.3. The molecule has 1 rings (SSSR count). The van der Waals surface area contributed by atoms with Crippen molar-refractivity contribution in [2.24, 2.45) is 0 Å². The number of halogens is 2. The second-order valence-corrected chi connectivity index (χ2v) is 3.04. The van der Waals surface area contributed by atoms with Crippen LogP contribution in [-0.2, 0) is 5.92 Å². The summed E-state index contributed by atoms with van der Waals surface area (Å²) in [4.78, 5) is 3.61. The number of pyridine rings is 1. The molecule has 1 heterocycles. The summed E-state index contributed by atoms with van der Waals surface area (Å²) in [5, 5.41) is 8.45. The van der Waals surface area contributed by atoms with Gasteiger partial charge >= 0.3 is 5.92 Å². The van der Waals surface area contributed by atoms with Crippen molar-refractivity contribution in [1.29, 1.82) is 0 Å². The van der Waals surface area contributed by atoms with Gasteiger partial charge < -0.3 is 5.11 Å². The third kappa shape index (κ3) is 2.01. The van der Waals surface area contributed by atoms with Gasteiger partial charge in [-0.1, -0.05) is 6.07 Å². The van der Waals surface area contributed by atoms with Gasteiger partial charge in [0.25, 0.3) is 0 Å². The van der Waals surface area contributed by atoms with Crippen molar-refractivity contribution in [2.45, 2.75) is 19.8 Å². The Morgan fingerprint density at radius 1 is 1.46 bits per heavy atom. The maximum atomic E-state index is 13.0. The molecule has 2 nitrogen and oxygen atoms in total. The van der Waals surface area contributed by atoms with E-state index in [2.05, 4.69) is 4.98 Å². The van der Waals surface area contributed by atoms with Crippen molar-refractivity contribution >= 4 is 0 Å². The topological polar surface area (TPSA) is 33.1 Å². The molecule has 0 aliphatic heterocycles. The van der Waals surface area contributed by atoms with E-state index in [-0.39, 0.29) is 5.69 Å². The lowest BCUT2D eigenvalue weighted by molar-refractivity contribution is -0.0597. The summed E-state index contributed by atoms with van der Waals surface area (Å²) in [6.45, 7) is 2.13. The van der Waals surface area contributed by atoms with E-state index in [4.69, 9.17) is 5.11 Å². The number of aliphatic hydroxyl groups excluding tert-OH is 1. The van der Waals surface area contributed by atoms with E-state index in [0.29, 0.717) is 5.56 Å². The molecule has 0 saturated heterocycles. The molecule has 0 aliphatic rings. The Morgan fingerprint density at radius 2 is 2.08 bits per heavy atom. The zero-order valence-corrected chi connectivity index (χ0v) is 7.51. The molecule has 0 aromatic carbocycles. The molecule has 13 heavy (non-hydrogen) atoms. The van der Waals surface area contributed by atoms with E-state index in [0.717, 1.165) is 5.56 Å². The fraction of sp³-hybridized carbons (Fsp3) is 0.444. The van der Waals surface area contributed by atoms with E-state index in [1.54, 1.807) is 19.9 Å². The first-order chi connectivity index (χ1) is 5.97. The lowest BCUT2D eigenvalue weighted by Crippen LogP contribution is -2.21. The van der Waals surface area contributed by atoms with Crippen LogP contribution in [0.5, 0.6) is 0 Å². The number of hydrogen-bond donors (Lipinski definition) is 1. The number of aliphatic hydroxyl groups is 1. The van der Waals surface area contributed by atoms with Gasteiger partial charge in [0.05, 0.1) is 0 Å². The first-order valence-electron chi connectivity index (χ1n) is 3.90. The van der Waals surface area contributed by atoms with Crippen LogP contribution in [0.25, 0.3) is 0 Å². The van der Waals surface area contributed by atoms with E-state index < -0.39 is 12.5 Å². The predicted molar refractivity (Wildman–Crippen MR) is 44.7 cm³/mol. The van der Waals surface area contributed by atoms with Crippen molar-refractivity contribution in [3.05, 3.63) is 29.1 Å². The van der Waals surface area contributed by atoms with Crippen molar-refractivity contribution in [3.8, 4) is 0 Å². The van der Waals surface area contributed by atoms with Crippen LogP contribution < -0.4 is 0 Å². The van der Waals surface area contributed by atoms with E-state index >= 15 is 0 Å². The quantitative estimate of drug-likeness (QED) is 0.765. The summed E-state index contributed by atoms with van der Waals surface area (Å²) < 4.78 is 25.9. The molecule has 4 heteroatoms. The van der Waals surface area contributed by atoms with Crippen molar-refractivity contribution in [3.63, 3.8) is 0 Å². The highest BCUT2D eigenvalue weighted by molar-refractivity contribution is 5.26. The summed E-state index contributed by atoms with van der Waals surface area (Å²) in [6.07, 6.45) is 1.37. The van der Waals surface area contributed by atoms with Gasteiger partial charge in [-0.15, -0.1) is 0 Å². The molecule has 0 aliphatic carbocycles. The number of aromatic nitrogens is 1. The fourth-order valence-electron chi connectivity index (χ4n) is 1.17. The molecular formula is C9H11F2NO. The van der Waals surface area contributed by atoms with Gasteiger partial charge in [0, 0.05) is 6.20 Å². The lowest BCUT2D eigenvalue weighted by atomic mass is 10.1. The van der Waals surface area contributed by atoms with Crippen LogP contribution in [0.15, 0.2) is 12.3 Å². The second kappa shape index (κ2) is 3.38. The minimum absolute atomic E-state index is 0.347. The number of nitrogens with zero attached hydrogens (tertiary/aromatic N) is 1. The van der Waals surface area contributed by atoms with Crippen LogP contribution in [0.1, 0.15) is 16.8 Å². The van der Waals surface area contributed by atoms with Gasteiger partial charge in [0.2, 0.25) is 0 Å². The van der Waals surface area contributed by atoms with E-state index in [1.807, 2.05) is 0 Å². The van der Waals surface area contributed by atoms with Crippen LogP contribution >= 0.6 is 0 Å². The van der Waals surface area contributed by atoms with Gasteiger partial charge in [-0.05, 0) is 25.0 Å². The monoisotopic (exact) mass is 187 g/mol. The Morgan fingerprint density at radius 3 is 2.54 bits per heavy atom. The molecule has 1 N–H and O–H groups in total. The normalized spacial score (nSPS) is 11.8. The maximum absolute atomic E-state index is 13.0. The van der Waals surface area contributed by atoms with Crippen molar-refractivity contribution in [1.82, 2.24) is 4.98 Å². The first kappa shape index (κ1) is 10.1. The number of rotatable bonds is 2. The van der Waals surface area contributed by atoms with Gasteiger partial charge in [-0.25, -0.2) is 0 Å². The predicted octanol–water partition coefficient (Wildman–Crippen LogP) is 1.78. The minimum atomic E-state index is -3.24. The fourth-order valence-corrected chi connectivity index (χ4v) is 1.17. The van der Waals surface area contributed by atoms with Crippen molar-refractivity contribution < 1.29 is 13.9 Å². The maximum Gasteiger partial charge on any atom is 0.312 e. The zero-order valence-electron chi connectivity index (χ0n) is 7.51.